The molecule has 0 amide bonds. The molecule has 0 spiro atoms. The molecule has 0 bridgehead atoms. The van der Waals surface area contributed by atoms with Crippen LogP contribution in [0.3, 0.4) is 0 Å². The van der Waals surface area contributed by atoms with Crippen LogP contribution in [0.15, 0.2) is 60.8 Å². The monoisotopic (exact) mass is 1120 g/mol. The van der Waals surface area contributed by atoms with Crippen LogP contribution in [-0.2, 0) is 28.6 Å². The van der Waals surface area contributed by atoms with Gasteiger partial charge in [0, 0.05) is 19.3 Å². The number of esters is 3. The molecule has 0 saturated carbocycles. The predicted octanol–water partition coefficient (Wildman–Crippen LogP) is 24.3. The van der Waals surface area contributed by atoms with Crippen molar-refractivity contribution in [3.63, 3.8) is 0 Å². The lowest BCUT2D eigenvalue weighted by Gasteiger charge is -2.18. The molecule has 0 aromatic heterocycles. The molecule has 0 aliphatic heterocycles. The number of hydrogen-bond acceptors (Lipinski definition) is 6. The van der Waals surface area contributed by atoms with Crippen molar-refractivity contribution in [3.8, 4) is 0 Å². The van der Waals surface area contributed by atoms with Crippen molar-refractivity contribution < 1.29 is 28.6 Å². The molecule has 1 atom stereocenters. The molecule has 0 aromatic rings. The number of hydrogen-bond donors (Lipinski definition) is 0. The fraction of sp³-hybridized carbons (Fsp3) is 0.824. The number of allylic oxidation sites excluding steroid dienone is 10. The van der Waals surface area contributed by atoms with Crippen LogP contribution in [0.5, 0.6) is 0 Å². The summed E-state index contributed by atoms with van der Waals surface area (Å²) in [5.41, 5.74) is 0. The zero-order chi connectivity index (χ0) is 57.8. The van der Waals surface area contributed by atoms with E-state index < -0.39 is 6.10 Å². The fourth-order valence-corrected chi connectivity index (χ4v) is 10.5. The van der Waals surface area contributed by atoms with Gasteiger partial charge in [0.25, 0.3) is 0 Å². The molecule has 6 nitrogen and oxygen atoms in total. The van der Waals surface area contributed by atoms with E-state index in [1.165, 1.54) is 244 Å². The van der Waals surface area contributed by atoms with Crippen LogP contribution in [0.4, 0.5) is 0 Å². The Morgan fingerprint density at radius 1 is 0.263 bits per heavy atom. The molecule has 80 heavy (non-hydrogen) atoms. The maximum atomic E-state index is 12.9. The highest BCUT2D eigenvalue weighted by atomic mass is 16.6. The predicted molar refractivity (Wildman–Crippen MR) is 348 cm³/mol. The highest BCUT2D eigenvalue weighted by Crippen LogP contribution is 2.18. The highest BCUT2D eigenvalue weighted by Gasteiger charge is 2.19. The molecule has 6 heteroatoms. The van der Waals surface area contributed by atoms with Gasteiger partial charge >= 0.3 is 17.9 Å². The van der Waals surface area contributed by atoms with E-state index in [2.05, 4.69) is 81.5 Å². The highest BCUT2D eigenvalue weighted by molar-refractivity contribution is 5.71. The average molecular weight is 1120 g/mol. The summed E-state index contributed by atoms with van der Waals surface area (Å²) < 4.78 is 16.9. The van der Waals surface area contributed by atoms with E-state index in [1.54, 1.807) is 0 Å². The quantitative estimate of drug-likeness (QED) is 0.0261. The van der Waals surface area contributed by atoms with Crippen molar-refractivity contribution in [1.29, 1.82) is 0 Å². The maximum absolute atomic E-state index is 12.9. The standard InChI is InChI=1S/C74H134O6/c1-4-7-10-13-16-19-22-25-27-29-30-31-32-33-34-35-36-37-38-39-40-41-42-43-44-46-47-49-52-55-58-61-64-67-73(76)79-70-71(69-78-72(75)66-63-60-57-54-51-24-21-18-15-12-9-6-3)80-74(77)68-65-62-59-56-53-50-48-45-28-26-23-20-17-14-11-8-5-2/h8,11,17-18,20-21,26,28-30,71H,4-7,9-10,12-16,19,22-25,27,31-70H2,1-3H3/b11-8-,20-17-,21-18-,28-26-,30-29-. The maximum Gasteiger partial charge on any atom is 0.306 e. The van der Waals surface area contributed by atoms with Crippen LogP contribution >= 0.6 is 0 Å². The molecule has 0 rings (SSSR count). The normalized spacial score (nSPS) is 12.4. The first-order valence-electron chi connectivity index (χ1n) is 35.3. The molecule has 1 unspecified atom stereocenters. The minimum atomic E-state index is -0.782. The summed E-state index contributed by atoms with van der Waals surface area (Å²) in [6.45, 7) is 6.54. The first kappa shape index (κ1) is 77.1. The lowest BCUT2D eigenvalue weighted by molar-refractivity contribution is -0.167. The van der Waals surface area contributed by atoms with E-state index in [1.807, 2.05) is 0 Å². The van der Waals surface area contributed by atoms with E-state index >= 15 is 0 Å². The Morgan fingerprint density at radius 3 is 0.800 bits per heavy atom. The molecule has 0 aliphatic carbocycles. The summed E-state index contributed by atoms with van der Waals surface area (Å²) in [5.74, 6) is -0.878. The topological polar surface area (TPSA) is 78.9 Å². The number of ether oxygens (including phenoxy) is 3. The van der Waals surface area contributed by atoms with Crippen molar-refractivity contribution in [3.05, 3.63) is 60.8 Å². The summed E-state index contributed by atoms with van der Waals surface area (Å²) in [4.78, 5) is 38.3. The fourth-order valence-electron chi connectivity index (χ4n) is 10.5. The van der Waals surface area contributed by atoms with E-state index in [9.17, 15) is 14.4 Å². The van der Waals surface area contributed by atoms with Crippen molar-refractivity contribution >= 4 is 17.9 Å². The van der Waals surface area contributed by atoms with E-state index in [4.69, 9.17) is 14.2 Å². The van der Waals surface area contributed by atoms with E-state index in [-0.39, 0.29) is 31.1 Å². The second kappa shape index (κ2) is 68.6. The Hall–Kier alpha value is -2.89. The van der Waals surface area contributed by atoms with Crippen LogP contribution in [0.2, 0.25) is 0 Å². The first-order chi connectivity index (χ1) is 39.5. The molecule has 0 saturated heterocycles. The van der Waals surface area contributed by atoms with E-state index in [0.717, 1.165) is 89.9 Å². The van der Waals surface area contributed by atoms with Crippen LogP contribution in [0.1, 0.15) is 374 Å². The summed E-state index contributed by atoms with van der Waals surface area (Å²) in [6, 6.07) is 0. The SMILES string of the molecule is CC/C=C\C/C=C\C/C=C\CCCCCCCCCC(=O)OC(COC(=O)CCCCCCC/C=C\CCCCC)COC(=O)CCCCCCCCCCCCCCCCCCCCCCC/C=C\CCCCCCCCCC. The average Bonchev–Trinajstić information content (AvgIpc) is 3.46. The summed E-state index contributed by atoms with van der Waals surface area (Å²) >= 11 is 0. The summed E-state index contributed by atoms with van der Waals surface area (Å²) in [6.07, 6.45) is 88.4. The second-order valence-electron chi connectivity index (χ2n) is 23.8. The first-order valence-corrected chi connectivity index (χ1v) is 35.3. The Bertz CT molecular complexity index is 1430. The second-order valence-corrected chi connectivity index (χ2v) is 23.8. The van der Waals surface area contributed by atoms with Gasteiger partial charge < -0.3 is 14.2 Å². The summed E-state index contributed by atoms with van der Waals surface area (Å²) in [7, 11) is 0. The molecule has 0 N–H and O–H groups in total. The van der Waals surface area contributed by atoms with Crippen molar-refractivity contribution in [2.24, 2.45) is 0 Å². The van der Waals surface area contributed by atoms with Crippen LogP contribution < -0.4 is 0 Å². The lowest BCUT2D eigenvalue weighted by atomic mass is 10.0. The number of carbonyl (C=O) groups excluding carboxylic acids is 3. The molecule has 0 heterocycles. The minimum Gasteiger partial charge on any atom is -0.462 e. The molecular weight excluding hydrogens is 985 g/mol. The zero-order valence-electron chi connectivity index (χ0n) is 53.6. The third kappa shape index (κ3) is 65.9. The molecule has 0 aliphatic rings. The Kier molecular flexibility index (Phi) is 66.1. The van der Waals surface area contributed by atoms with E-state index in [0.29, 0.717) is 19.3 Å². The Balaban J connectivity index is 4.10. The van der Waals surface area contributed by atoms with Crippen molar-refractivity contribution in [2.75, 3.05) is 13.2 Å². The van der Waals surface area contributed by atoms with Crippen LogP contribution in [-0.4, -0.2) is 37.2 Å². The van der Waals surface area contributed by atoms with Crippen LogP contribution in [0, 0.1) is 0 Å². The minimum absolute atomic E-state index is 0.0776. The van der Waals surface area contributed by atoms with Crippen LogP contribution in [0.25, 0.3) is 0 Å². The van der Waals surface area contributed by atoms with Gasteiger partial charge in [-0.15, -0.1) is 0 Å². The number of rotatable bonds is 65. The van der Waals surface area contributed by atoms with Gasteiger partial charge in [-0.2, -0.15) is 0 Å². The molecule has 0 fully saturated rings. The molecule has 0 radical (unpaired) electrons. The van der Waals surface area contributed by atoms with Gasteiger partial charge in [-0.25, -0.2) is 0 Å². The molecule has 0 aromatic carbocycles. The third-order valence-corrected chi connectivity index (χ3v) is 15.7. The van der Waals surface area contributed by atoms with Gasteiger partial charge in [-0.05, 0) is 103 Å². The Labute approximate surface area is 498 Å². The summed E-state index contributed by atoms with van der Waals surface area (Å²) in [5, 5.41) is 0. The van der Waals surface area contributed by atoms with Gasteiger partial charge in [0.05, 0.1) is 0 Å². The lowest BCUT2D eigenvalue weighted by Crippen LogP contribution is -2.30. The third-order valence-electron chi connectivity index (χ3n) is 15.7. The number of carbonyl (C=O) groups is 3. The van der Waals surface area contributed by atoms with Gasteiger partial charge in [0.1, 0.15) is 13.2 Å². The van der Waals surface area contributed by atoms with Gasteiger partial charge in [0.15, 0.2) is 6.10 Å². The van der Waals surface area contributed by atoms with Gasteiger partial charge in [-0.1, -0.05) is 313 Å². The largest absolute Gasteiger partial charge is 0.462 e. The van der Waals surface area contributed by atoms with Gasteiger partial charge in [-0.3, -0.25) is 14.4 Å². The number of unbranched alkanes of at least 4 members (excludes halogenated alkanes) is 44. The Morgan fingerprint density at radius 2 is 0.487 bits per heavy atom. The zero-order valence-corrected chi connectivity index (χ0v) is 53.6. The molecular formula is C74H134O6. The van der Waals surface area contributed by atoms with Crippen molar-refractivity contribution in [1.82, 2.24) is 0 Å². The van der Waals surface area contributed by atoms with Crippen molar-refractivity contribution in [2.45, 2.75) is 380 Å². The van der Waals surface area contributed by atoms with Gasteiger partial charge in [0.2, 0.25) is 0 Å². The smallest absolute Gasteiger partial charge is 0.306 e. The molecule has 466 valence electrons.